The molecule has 0 aliphatic heterocycles. The van der Waals surface area contributed by atoms with Gasteiger partial charge in [-0.2, -0.15) is 5.10 Å². The van der Waals surface area contributed by atoms with Gasteiger partial charge in [-0.05, 0) is 42.3 Å². The Hall–Kier alpha value is -1.99. The van der Waals surface area contributed by atoms with Crippen LogP contribution in [0, 0.1) is 0 Å². The molecule has 0 heterocycles. The predicted octanol–water partition coefficient (Wildman–Crippen LogP) is 4.47. The van der Waals surface area contributed by atoms with Crippen molar-refractivity contribution in [1.82, 2.24) is 5.43 Å². The number of carbonyl (C=O) groups is 2. The molecule has 0 aromatic heterocycles. The van der Waals surface area contributed by atoms with Crippen LogP contribution in [0.15, 0.2) is 62.6 Å². The van der Waals surface area contributed by atoms with Crippen LogP contribution in [0.2, 0.25) is 0 Å². The van der Waals surface area contributed by atoms with E-state index in [0.717, 1.165) is 20.2 Å². The van der Waals surface area contributed by atoms with E-state index in [2.05, 4.69) is 47.7 Å². The van der Waals surface area contributed by atoms with Crippen molar-refractivity contribution >= 4 is 55.6 Å². The minimum atomic E-state index is -0.221. The number of halogens is 2. The van der Waals surface area contributed by atoms with Crippen molar-refractivity contribution in [2.24, 2.45) is 5.10 Å². The number of benzene rings is 2. The number of nitrogens with zero attached hydrogens (tertiary/aromatic N) is 1. The van der Waals surface area contributed by atoms with Gasteiger partial charge >= 0.3 is 0 Å². The smallest absolute Gasteiger partial charge is 0.240 e. The highest BCUT2D eigenvalue weighted by Gasteiger charge is 2.05. The fourth-order valence-corrected chi connectivity index (χ4v) is 2.84. The van der Waals surface area contributed by atoms with Gasteiger partial charge in [0.1, 0.15) is 0 Å². The van der Waals surface area contributed by atoms with E-state index in [-0.39, 0.29) is 24.7 Å². The van der Waals surface area contributed by atoms with Crippen molar-refractivity contribution in [2.45, 2.75) is 19.3 Å². The third-order valence-electron chi connectivity index (χ3n) is 3.17. The first-order chi connectivity index (χ1) is 12.0. The monoisotopic (exact) mass is 465 g/mol. The minimum absolute atomic E-state index is 0.122. The fourth-order valence-electron chi connectivity index (χ4n) is 2.02. The average Bonchev–Trinajstić information content (AvgIpc) is 2.55. The Morgan fingerprint density at radius 2 is 1.64 bits per heavy atom. The zero-order chi connectivity index (χ0) is 18.1. The molecule has 0 atom stereocenters. The third kappa shape index (κ3) is 7.62. The highest BCUT2D eigenvalue weighted by Crippen LogP contribution is 2.16. The molecule has 25 heavy (non-hydrogen) atoms. The van der Waals surface area contributed by atoms with Gasteiger partial charge in [-0.15, -0.1) is 0 Å². The number of nitrogens with one attached hydrogen (secondary N) is 2. The number of anilines is 1. The first-order valence-corrected chi connectivity index (χ1v) is 9.24. The number of amides is 2. The molecule has 2 aromatic rings. The number of rotatable bonds is 7. The Morgan fingerprint density at radius 1 is 0.960 bits per heavy atom. The van der Waals surface area contributed by atoms with Gasteiger partial charge in [0.25, 0.3) is 0 Å². The summed E-state index contributed by atoms with van der Waals surface area (Å²) in [5.41, 5.74) is 4.06. The summed E-state index contributed by atoms with van der Waals surface area (Å²) >= 11 is 6.72. The van der Waals surface area contributed by atoms with Gasteiger partial charge in [0.2, 0.25) is 11.8 Å². The van der Waals surface area contributed by atoms with Crippen molar-refractivity contribution in [3.05, 3.63) is 63.0 Å². The Bertz CT molecular complexity index is 778. The van der Waals surface area contributed by atoms with Crippen LogP contribution in [0.3, 0.4) is 0 Å². The lowest BCUT2D eigenvalue weighted by molar-refractivity contribution is -0.121. The minimum Gasteiger partial charge on any atom is -0.326 e. The van der Waals surface area contributed by atoms with Gasteiger partial charge in [0.15, 0.2) is 0 Å². The van der Waals surface area contributed by atoms with Gasteiger partial charge in [-0.1, -0.05) is 50.1 Å². The molecule has 0 aliphatic rings. The molecular weight excluding hydrogens is 450 g/mol. The van der Waals surface area contributed by atoms with E-state index in [4.69, 9.17) is 0 Å². The second kappa shape index (κ2) is 10.1. The summed E-state index contributed by atoms with van der Waals surface area (Å²) in [5, 5.41) is 6.70. The van der Waals surface area contributed by atoms with E-state index in [0.29, 0.717) is 6.42 Å². The summed E-state index contributed by atoms with van der Waals surface area (Å²) in [6, 6.07) is 14.9. The largest absolute Gasteiger partial charge is 0.326 e. The lowest BCUT2D eigenvalue weighted by atomic mass is 10.2. The van der Waals surface area contributed by atoms with Gasteiger partial charge in [0, 0.05) is 27.5 Å². The molecule has 2 amide bonds. The Morgan fingerprint density at radius 3 is 2.36 bits per heavy atom. The Labute approximate surface area is 163 Å². The number of hydrazone groups is 1. The van der Waals surface area contributed by atoms with E-state index in [9.17, 15) is 9.59 Å². The van der Waals surface area contributed by atoms with Crippen LogP contribution in [0.1, 0.15) is 24.8 Å². The standard InChI is InChI=1S/C18H17Br2N3O2/c19-14-5-1-4-13(10-14)12-21-23-18(25)9-3-8-17(24)22-16-7-2-6-15(20)11-16/h1-2,4-7,10-12H,3,8-9H2,(H,22,24)(H,23,25)/b21-12-. The van der Waals surface area contributed by atoms with Crippen LogP contribution in [0.25, 0.3) is 0 Å². The van der Waals surface area contributed by atoms with Crippen molar-refractivity contribution < 1.29 is 9.59 Å². The summed E-state index contributed by atoms with van der Waals surface area (Å²) < 4.78 is 1.84. The lowest BCUT2D eigenvalue weighted by Gasteiger charge is -2.05. The molecular formula is C18H17Br2N3O2. The van der Waals surface area contributed by atoms with Crippen molar-refractivity contribution in [3.63, 3.8) is 0 Å². The molecule has 0 saturated carbocycles. The van der Waals surface area contributed by atoms with Crippen LogP contribution in [0.5, 0.6) is 0 Å². The van der Waals surface area contributed by atoms with E-state index in [1.54, 1.807) is 6.21 Å². The van der Waals surface area contributed by atoms with Crippen LogP contribution >= 0.6 is 31.9 Å². The molecule has 2 N–H and O–H groups in total. The van der Waals surface area contributed by atoms with E-state index in [1.165, 1.54) is 0 Å². The highest BCUT2D eigenvalue weighted by molar-refractivity contribution is 9.10. The first-order valence-electron chi connectivity index (χ1n) is 7.66. The van der Waals surface area contributed by atoms with Crippen LogP contribution < -0.4 is 10.7 Å². The molecule has 130 valence electrons. The van der Waals surface area contributed by atoms with E-state index in [1.807, 2.05) is 48.5 Å². The maximum atomic E-state index is 11.8. The van der Waals surface area contributed by atoms with Crippen molar-refractivity contribution in [1.29, 1.82) is 0 Å². The second-order valence-corrected chi connectivity index (χ2v) is 7.09. The molecule has 2 aromatic carbocycles. The normalized spacial score (nSPS) is 10.6. The maximum absolute atomic E-state index is 11.8. The topological polar surface area (TPSA) is 70.6 Å². The molecule has 0 bridgehead atoms. The molecule has 5 nitrogen and oxygen atoms in total. The van der Waals surface area contributed by atoms with Gasteiger partial charge in [0.05, 0.1) is 6.21 Å². The highest BCUT2D eigenvalue weighted by atomic mass is 79.9. The van der Waals surface area contributed by atoms with Crippen molar-refractivity contribution in [2.75, 3.05) is 5.32 Å². The molecule has 7 heteroatoms. The Kier molecular flexibility index (Phi) is 7.81. The predicted molar refractivity (Wildman–Crippen MR) is 107 cm³/mol. The quantitative estimate of drug-likeness (QED) is 0.466. The Balaban J connectivity index is 1.67. The third-order valence-corrected chi connectivity index (χ3v) is 4.15. The summed E-state index contributed by atoms with van der Waals surface area (Å²) in [6.45, 7) is 0. The van der Waals surface area contributed by atoms with E-state index < -0.39 is 0 Å². The number of carbonyl (C=O) groups excluding carboxylic acids is 2. The zero-order valence-corrected chi connectivity index (χ0v) is 16.5. The number of hydrogen-bond donors (Lipinski definition) is 2. The fraction of sp³-hybridized carbons (Fsp3) is 0.167. The molecule has 0 spiro atoms. The SMILES string of the molecule is O=C(CCCC(=O)Nc1cccc(Br)c1)N/N=C\c1cccc(Br)c1. The maximum Gasteiger partial charge on any atom is 0.240 e. The molecule has 0 aliphatic carbocycles. The van der Waals surface area contributed by atoms with Gasteiger partial charge in [-0.3, -0.25) is 9.59 Å². The van der Waals surface area contributed by atoms with Gasteiger partial charge in [-0.25, -0.2) is 5.43 Å². The van der Waals surface area contributed by atoms with Crippen LogP contribution in [0.4, 0.5) is 5.69 Å². The molecule has 0 radical (unpaired) electrons. The first kappa shape index (κ1) is 19.3. The average molecular weight is 467 g/mol. The lowest BCUT2D eigenvalue weighted by Crippen LogP contribution is -2.18. The summed E-state index contributed by atoms with van der Waals surface area (Å²) in [5.74, 6) is -0.343. The van der Waals surface area contributed by atoms with E-state index >= 15 is 0 Å². The molecule has 0 fully saturated rings. The summed E-state index contributed by atoms with van der Waals surface area (Å²) in [7, 11) is 0. The molecule has 0 saturated heterocycles. The number of hydrogen-bond acceptors (Lipinski definition) is 3. The van der Waals surface area contributed by atoms with Crippen LogP contribution in [-0.2, 0) is 9.59 Å². The summed E-state index contributed by atoms with van der Waals surface area (Å²) in [6.07, 6.45) is 2.54. The second-order valence-electron chi connectivity index (χ2n) is 5.26. The van der Waals surface area contributed by atoms with Crippen molar-refractivity contribution in [3.8, 4) is 0 Å². The zero-order valence-electron chi connectivity index (χ0n) is 13.3. The van der Waals surface area contributed by atoms with Gasteiger partial charge < -0.3 is 5.32 Å². The molecule has 0 unspecified atom stereocenters. The molecule has 2 rings (SSSR count). The summed E-state index contributed by atoms with van der Waals surface area (Å²) in [4.78, 5) is 23.6. The van der Waals surface area contributed by atoms with Crippen LogP contribution in [-0.4, -0.2) is 18.0 Å².